The number of hydrogen-bond acceptors (Lipinski definition) is 5. The Bertz CT molecular complexity index is 1170. The molecule has 0 saturated carbocycles. The molecule has 6 nitrogen and oxygen atoms in total. The quantitative estimate of drug-likeness (QED) is 0.328. The number of imidazole rings is 1. The average molecular weight is 494 g/mol. The largest absolute Gasteiger partial charge is 0.382 e. The number of halogens is 1. The van der Waals surface area contributed by atoms with Crippen LogP contribution in [0.25, 0.3) is 11.0 Å². The maximum absolute atomic E-state index is 6.29. The molecule has 0 spiro atoms. The van der Waals surface area contributed by atoms with E-state index in [1.54, 1.807) is 0 Å². The Balaban J connectivity index is 1.41. The van der Waals surface area contributed by atoms with Crippen LogP contribution in [0.5, 0.6) is 0 Å². The molecule has 0 aliphatic carbocycles. The summed E-state index contributed by atoms with van der Waals surface area (Å²) in [6.45, 7) is 2.07. The first-order valence-electron chi connectivity index (χ1n) is 10.7. The normalized spacial score (nSPS) is 11.2. The lowest BCUT2D eigenvalue weighted by Gasteiger charge is -2.19. The molecule has 0 bridgehead atoms. The van der Waals surface area contributed by atoms with Gasteiger partial charge in [-0.15, -0.1) is 0 Å². The zero-order valence-electron chi connectivity index (χ0n) is 18.5. The minimum atomic E-state index is 0.460. The highest BCUT2D eigenvalue weighted by atomic mass is 79.9. The number of nitrogen functional groups attached to an aromatic ring is 1. The van der Waals surface area contributed by atoms with Crippen LogP contribution in [0.15, 0.2) is 65.1 Å². The van der Waals surface area contributed by atoms with E-state index in [0.29, 0.717) is 19.0 Å². The van der Waals surface area contributed by atoms with Gasteiger partial charge in [0, 0.05) is 44.2 Å². The number of rotatable bonds is 9. The molecule has 0 atom stereocenters. The summed E-state index contributed by atoms with van der Waals surface area (Å²) in [6, 6.07) is 20.6. The van der Waals surface area contributed by atoms with Gasteiger partial charge in [-0.2, -0.15) is 0 Å². The lowest BCUT2D eigenvalue weighted by molar-refractivity contribution is 0.118. The first-order chi connectivity index (χ1) is 15.5. The minimum absolute atomic E-state index is 0.460. The van der Waals surface area contributed by atoms with E-state index in [1.807, 2.05) is 44.4 Å². The van der Waals surface area contributed by atoms with Crippen LogP contribution in [0.4, 0.5) is 11.6 Å². The third kappa shape index (κ3) is 5.29. The molecule has 0 saturated heterocycles. The Morgan fingerprint density at radius 1 is 1.03 bits per heavy atom. The van der Waals surface area contributed by atoms with Crippen LogP contribution in [-0.4, -0.2) is 28.2 Å². The van der Waals surface area contributed by atoms with Crippen LogP contribution in [0.3, 0.4) is 0 Å². The van der Waals surface area contributed by atoms with Gasteiger partial charge in [0.2, 0.25) is 0 Å². The van der Waals surface area contributed by atoms with Crippen LogP contribution in [-0.2, 0) is 31.4 Å². The zero-order valence-corrected chi connectivity index (χ0v) is 20.0. The number of anilines is 2. The molecule has 0 amide bonds. The Hall–Kier alpha value is -2.90. The number of nitrogens with two attached hydrogens (primary N) is 1. The monoisotopic (exact) mass is 493 g/mol. The van der Waals surface area contributed by atoms with Crippen molar-refractivity contribution in [3.63, 3.8) is 0 Å². The lowest BCUT2D eigenvalue weighted by Crippen LogP contribution is -2.18. The zero-order chi connectivity index (χ0) is 22.5. The van der Waals surface area contributed by atoms with Crippen molar-refractivity contribution in [1.29, 1.82) is 0 Å². The smallest absolute Gasteiger partial charge is 0.154 e. The molecular formula is C25H28BrN5O. The molecule has 0 unspecified atom stereocenters. The topological polar surface area (TPSA) is 69.2 Å². The van der Waals surface area contributed by atoms with Crippen molar-refractivity contribution < 1.29 is 4.74 Å². The molecule has 0 aliphatic heterocycles. The van der Waals surface area contributed by atoms with Crippen molar-refractivity contribution in [2.75, 3.05) is 24.3 Å². The lowest BCUT2D eigenvalue weighted by atomic mass is 10.2. The minimum Gasteiger partial charge on any atom is -0.382 e. The number of fused-ring (bicyclic) bond motifs is 1. The molecule has 4 aromatic rings. The number of aromatic nitrogens is 3. The summed E-state index contributed by atoms with van der Waals surface area (Å²) in [7, 11) is 4.06. The molecular weight excluding hydrogens is 466 g/mol. The number of ether oxygens (including phenoxy) is 1. The van der Waals surface area contributed by atoms with E-state index in [1.165, 1.54) is 11.1 Å². The average Bonchev–Trinajstić information content (AvgIpc) is 3.12. The predicted molar refractivity (Wildman–Crippen MR) is 134 cm³/mol. The fourth-order valence-electron chi connectivity index (χ4n) is 3.70. The summed E-state index contributed by atoms with van der Waals surface area (Å²) >= 11 is 3.48. The van der Waals surface area contributed by atoms with Gasteiger partial charge < -0.3 is 19.9 Å². The molecule has 0 fully saturated rings. The molecule has 2 N–H and O–H groups in total. The summed E-state index contributed by atoms with van der Waals surface area (Å²) < 4.78 is 8.99. The van der Waals surface area contributed by atoms with Gasteiger partial charge in [0.05, 0.1) is 12.1 Å². The van der Waals surface area contributed by atoms with Crippen molar-refractivity contribution >= 4 is 38.6 Å². The van der Waals surface area contributed by atoms with Gasteiger partial charge in [0.15, 0.2) is 5.82 Å². The molecule has 0 radical (unpaired) electrons. The number of hydrogen-bond donors (Lipinski definition) is 1. The first kappa shape index (κ1) is 22.3. The Kier molecular flexibility index (Phi) is 7.07. The highest BCUT2D eigenvalue weighted by Crippen LogP contribution is 2.26. The predicted octanol–water partition coefficient (Wildman–Crippen LogP) is 5.10. The standard InChI is InChI=1S/C25H28BrN5O/c1-30(16-18-10-12-20(26)13-11-18)23-15-21-24(25(27)29-23)28-22(31(21)2)9-6-14-32-17-19-7-4-3-5-8-19/h3-5,7-8,10-13,15H,6,9,14,16-17H2,1-2H3,(H2,27,29). The number of pyridine rings is 1. The van der Waals surface area contributed by atoms with E-state index in [2.05, 4.69) is 60.7 Å². The molecule has 32 heavy (non-hydrogen) atoms. The van der Waals surface area contributed by atoms with Crippen molar-refractivity contribution in [1.82, 2.24) is 14.5 Å². The summed E-state index contributed by atoms with van der Waals surface area (Å²) in [4.78, 5) is 11.5. The van der Waals surface area contributed by atoms with Crippen molar-refractivity contribution in [3.05, 3.63) is 82.1 Å². The molecule has 2 aromatic heterocycles. The molecule has 166 valence electrons. The van der Waals surface area contributed by atoms with E-state index in [-0.39, 0.29) is 0 Å². The summed E-state index contributed by atoms with van der Waals surface area (Å²) in [5.41, 5.74) is 10.4. The van der Waals surface area contributed by atoms with E-state index in [0.717, 1.165) is 46.5 Å². The van der Waals surface area contributed by atoms with Crippen molar-refractivity contribution in [2.45, 2.75) is 26.0 Å². The Morgan fingerprint density at radius 3 is 2.53 bits per heavy atom. The fourth-order valence-corrected chi connectivity index (χ4v) is 3.97. The maximum Gasteiger partial charge on any atom is 0.154 e. The van der Waals surface area contributed by atoms with E-state index < -0.39 is 0 Å². The SMILES string of the molecule is CN(Cc1ccc(Br)cc1)c1cc2c(nc(CCCOCc3ccccc3)n2C)c(N)n1. The van der Waals surface area contributed by atoms with Crippen LogP contribution in [0.1, 0.15) is 23.4 Å². The van der Waals surface area contributed by atoms with Gasteiger partial charge in [-0.1, -0.05) is 58.4 Å². The van der Waals surface area contributed by atoms with Crippen LogP contribution in [0.2, 0.25) is 0 Å². The van der Waals surface area contributed by atoms with Gasteiger partial charge >= 0.3 is 0 Å². The summed E-state index contributed by atoms with van der Waals surface area (Å²) in [6.07, 6.45) is 1.72. The highest BCUT2D eigenvalue weighted by molar-refractivity contribution is 9.10. The van der Waals surface area contributed by atoms with Gasteiger partial charge in [-0.05, 0) is 29.7 Å². The Morgan fingerprint density at radius 2 is 1.78 bits per heavy atom. The number of aryl methyl sites for hydroxylation is 2. The van der Waals surface area contributed by atoms with Gasteiger partial charge in [-0.25, -0.2) is 9.97 Å². The van der Waals surface area contributed by atoms with Crippen LogP contribution in [0, 0.1) is 0 Å². The molecule has 2 heterocycles. The van der Waals surface area contributed by atoms with E-state index >= 15 is 0 Å². The maximum atomic E-state index is 6.29. The molecule has 0 aliphatic rings. The molecule has 4 rings (SSSR count). The second-order valence-corrected chi connectivity index (χ2v) is 8.86. The van der Waals surface area contributed by atoms with Gasteiger partial charge in [0.1, 0.15) is 17.2 Å². The highest BCUT2D eigenvalue weighted by Gasteiger charge is 2.15. The van der Waals surface area contributed by atoms with Gasteiger partial charge in [-0.3, -0.25) is 0 Å². The van der Waals surface area contributed by atoms with E-state index in [4.69, 9.17) is 15.5 Å². The fraction of sp³-hybridized carbons (Fsp3) is 0.280. The van der Waals surface area contributed by atoms with Crippen LogP contribution >= 0.6 is 15.9 Å². The summed E-state index contributed by atoms with van der Waals surface area (Å²) in [5.74, 6) is 2.28. The number of nitrogens with zero attached hydrogens (tertiary/aromatic N) is 4. The first-order valence-corrected chi connectivity index (χ1v) is 11.5. The molecule has 7 heteroatoms. The Labute approximate surface area is 197 Å². The van der Waals surface area contributed by atoms with Crippen molar-refractivity contribution in [2.24, 2.45) is 7.05 Å². The second-order valence-electron chi connectivity index (χ2n) is 7.94. The third-order valence-electron chi connectivity index (χ3n) is 5.50. The van der Waals surface area contributed by atoms with Crippen molar-refractivity contribution in [3.8, 4) is 0 Å². The van der Waals surface area contributed by atoms with Crippen LogP contribution < -0.4 is 10.6 Å². The van der Waals surface area contributed by atoms with E-state index in [9.17, 15) is 0 Å². The number of benzene rings is 2. The third-order valence-corrected chi connectivity index (χ3v) is 6.03. The van der Waals surface area contributed by atoms with Gasteiger partial charge in [0.25, 0.3) is 0 Å². The summed E-state index contributed by atoms with van der Waals surface area (Å²) in [5, 5.41) is 0. The molecule has 2 aromatic carbocycles. The second kappa shape index (κ2) is 10.1.